The number of phosphoric ester groups is 1. The van der Waals surface area contributed by atoms with Gasteiger partial charge >= 0.3 is 77.1 Å². The number of rotatable bonds is 6. The first-order valence-electron chi connectivity index (χ1n) is 3.92. The van der Waals surface area contributed by atoms with E-state index in [4.69, 9.17) is 20.0 Å². The summed E-state index contributed by atoms with van der Waals surface area (Å²) in [5.41, 5.74) is -2.99. The molecule has 0 saturated carbocycles. The number of hydrogen-bond donors (Lipinski definition) is 5. The number of carbonyl (C=O) groups excluding carboxylic acids is 1. The largest absolute Gasteiger partial charge is 1.00 e. The average molecular weight is 312 g/mol. The summed E-state index contributed by atoms with van der Waals surface area (Å²) >= 11 is 0. The van der Waals surface area contributed by atoms with Crippen LogP contribution in [-0.2, 0) is 23.5 Å². The zero-order chi connectivity index (χ0) is 13.9. The van der Waals surface area contributed by atoms with Gasteiger partial charge < -0.3 is 21.3 Å². The number of hydrogen-bond acceptors (Lipinski definition) is 6. The minimum absolute atomic E-state index is 0. The molecule has 18 heavy (non-hydrogen) atoms. The molecule has 0 aromatic rings. The second kappa shape index (κ2) is 7.67. The molecule has 0 bridgehead atoms. The number of carboxylic acids is 2. The van der Waals surface area contributed by atoms with Gasteiger partial charge in [-0.05, 0) is 0 Å². The van der Waals surface area contributed by atoms with Crippen molar-refractivity contribution in [2.45, 2.75) is 18.4 Å². The van der Waals surface area contributed by atoms with Gasteiger partial charge in [-0.1, -0.05) is 0 Å². The maximum absolute atomic E-state index is 10.8. The van der Waals surface area contributed by atoms with Crippen molar-refractivity contribution >= 4 is 25.7 Å². The first-order valence-corrected chi connectivity index (χ1v) is 5.45. The SMILES string of the molecule is O=C(O)CC(O)(CC(=O)OP(=O)(O)O)C(=O)O.[H-].[K+]. The normalized spacial score (nSPS) is 13.9. The standard InChI is InChI=1S/C6H9O10P.K.H/c7-3(8)1-6(12,5(10)11)2-4(9)16-17(13,14)15;;/h12H,1-2H2,(H,7,8)(H,10,11)(H2,13,14,15);;/q;+1;-1. The van der Waals surface area contributed by atoms with Crippen molar-refractivity contribution in [3.05, 3.63) is 0 Å². The average Bonchev–Trinajstić information content (AvgIpc) is 1.96. The molecule has 0 aromatic heterocycles. The maximum Gasteiger partial charge on any atom is 1.00 e. The van der Waals surface area contributed by atoms with Crippen molar-refractivity contribution in [1.82, 2.24) is 0 Å². The summed E-state index contributed by atoms with van der Waals surface area (Å²) in [6.07, 6.45) is -2.72. The van der Waals surface area contributed by atoms with E-state index in [2.05, 4.69) is 4.52 Å². The number of aliphatic carboxylic acids is 2. The summed E-state index contributed by atoms with van der Waals surface area (Å²) < 4.78 is 13.7. The Morgan fingerprint density at radius 2 is 1.61 bits per heavy atom. The monoisotopic (exact) mass is 312 g/mol. The molecule has 12 heteroatoms. The Hall–Kier alpha value is 0.156. The van der Waals surface area contributed by atoms with Crippen LogP contribution in [0, 0.1) is 0 Å². The van der Waals surface area contributed by atoms with E-state index in [9.17, 15) is 24.1 Å². The molecule has 10 nitrogen and oxygen atoms in total. The Balaban J connectivity index is -0.00000128. The van der Waals surface area contributed by atoms with Crippen LogP contribution in [0.1, 0.15) is 14.3 Å². The van der Waals surface area contributed by atoms with Gasteiger partial charge in [0.15, 0.2) is 5.60 Å². The number of phosphoric acid groups is 1. The fraction of sp³-hybridized carbons (Fsp3) is 0.500. The topological polar surface area (TPSA) is 179 Å². The zero-order valence-corrected chi connectivity index (χ0v) is 13.2. The van der Waals surface area contributed by atoms with Gasteiger partial charge in [-0.25, -0.2) is 9.36 Å². The molecule has 1 atom stereocenters. The van der Waals surface area contributed by atoms with Gasteiger partial charge in [0, 0.05) is 0 Å². The minimum Gasteiger partial charge on any atom is -1.00 e. The van der Waals surface area contributed by atoms with Crippen molar-refractivity contribution in [1.29, 1.82) is 0 Å². The van der Waals surface area contributed by atoms with E-state index in [1.54, 1.807) is 0 Å². The van der Waals surface area contributed by atoms with E-state index in [-0.39, 0.29) is 52.8 Å². The molecule has 100 valence electrons. The molecule has 0 spiro atoms. The van der Waals surface area contributed by atoms with Crippen LogP contribution >= 0.6 is 7.82 Å². The molecule has 0 rings (SSSR count). The Kier molecular flexibility index (Phi) is 8.73. The summed E-state index contributed by atoms with van der Waals surface area (Å²) in [5, 5.41) is 26.1. The first kappa shape index (κ1) is 20.5. The molecule has 0 aliphatic heterocycles. The molecule has 0 fully saturated rings. The van der Waals surface area contributed by atoms with Crippen LogP contribution in [0.15, 0.2) is 0 Å². The molecular weight excluding hydrogens is 302 g/mol. The summed E-state index contributed by atoms with van der Waals surface area (Å²) in [4.78, 5) is 48.1. The fourth-order valence-electron chi connectivity index (χ4n) is 0.868. The second-order valence-electron chi connectivity index (χ2n) is 3.04. The van der Waals surface area contributed by atoms with Gasteiger partial charge in [0.05, 0.1) is 12.8 Å². The molecule has 0 aliphatic rings. The molecular formula is C6H10KO10P. The van der Waals surface area contributed by atoms with Crippen molar-refractivity contribution in [2.75, 3.05) is 0 Å². The zero-order valence-electron chi connectivity index (χ0n) is 10.1. The molecule has 5 N–H and O–H groups in total. The van der Waals surface area contributed by atoms with E-state index >= 15 is 0 Å². The van der Waals surface area contributed by atoms with Crippen LogP contribution in [0.3, 0.4) is 0 Å². The summed E-state index contributed by atoms with van der Waals surface area (Å²) in [6.45, 7) is 0. The fourth-order valence-corrected chi connectivity index (χ4v) is 1.20. The Bertz CT molecular complexity index is 393. The van der Waals surface area contributed by atoms with Crippen molar-refractivity contribution in [3.63, 3.8) is 0 Å². The van der Waals surface area contributed by atoms with Gasteiger partial charge in [-0.15, -0.1) is 0 Å². The van der Waals surface area contributed by atoms with E-state index in [0.717, 1.165) is 0 Å². The number of aliphatic hydroxyl groups is 1. The van der Waals surface area contributed by atoms with Crippen LogP contribution < -0.4 is 51.4 Å². The van der Waals surface area contributed by atoms with Gasteiger partial charge in [0.25, 0.3) is 0 Å². The van der Waals surface area contributed by atoms with Crippen LogP contribution in [0.5, 0.6) is 0 Å². The van der Waals surface area contributed by atoms with Crippen LogP contribution in [-0.4, -0.2) is 48.6 Å². The predicted octanol–water partition coefficient (Wildman–Crippen LogP) is -4.58. The van der Waals surface area contributed by atoms with E-state index in [0.29, 0.717) is 0 Å². The van der Waals surface area contributed by atoms with Crippen LogP contribution in [0.25, 0.3) is 0 Å². The van der Waals surface area contributed by atoms with Gasteiger partial charge in [-0.3, -0.25) is 19.4 Å². The molecule has 0 aliphatic carbocycles. The molecule has 0 radical (unpaired) electrons. The Labute approximate surface area is 144 Å². The van der Waals surface area contributed by atoms with E-state index in [1.807, 2.05) is 0 Å². The third-order valence-corrected chi connectivity index (χ3v) is 1.94. The molecule has 0 amide bonds. The summed E-state index contributed by atoms with van der Waals surface area (Å²) in [5.74, 6) is -5.47. The first-order chi connectivity index (χ1) is 7.46. The molecule has 1 unspecified atom stereocenters. The molecule has 0 saturated heterocycles. The summed E-state index contributed by atoms with van der Waals surface area (Å²) in [7, 11) is -5.17. The quantitative estimate of drug-likeness (QED) is 0.237. The smallest absolute Gasteiger partial charge is 1.00 e. The third-order valence-electron chi connectivity index (χ3n) is 1.50. The van der Waals surface area contributed by atoms with Gasteiger partial charge in [0.2, 0.25) is 0 Å². The summed E-state index contributed by atoms with van der Waals surface area (Å²) in [6, 6.07) is 0. The number of carboxylic acid groups (broad SMARTS) is 2. The third kappa shape index (κ3) is 8.29. The predicted molar refractivity (Wildman–Crippen MR) is 48.7 cm³/mol. The van der Waals surface area contributed by atoms with Gasteiger partial charge in [-0.2, -0.15) is 0 Å². The molecule has 0 aromatic carbocycles. The van der Waals surface area contributed by atoms with Gasteiger partial charge in [0.1, 0.15) is 0 Å². The van der Waals surface area contributed by atoms with Crippen LogP contribution in [0.2, 0.25) is 0 Å². The van der Waals surface area contributed by atoms with Crippen molar-refractivity contribution in [2.24, 2.45) is 0 Å². The van der Waals surface area contributed by atoms with Crippen molar-refractivity contribution in [3.8, 4) is 0 Å². The van der Waals surface area contributed by atoms with Crippen LogP contribution in [0.4, 0.5) is 0 Å². The molecule has 0 heterocycles. The van der Waals surface area contributed by atoms with Crippen molar-refractivity contribution < 1.29 is 101 Å². The Morgan fingerprint density at radius 3 is 1.89 bits per heavy atom. The van der Waals surface area contributed by atoms with E-state index < -0.39 is 44.2 Å². The number of carbonyl (C=O) groups is 3. The maximum atomic E-state index is 10.8. The minimum atomic E-state index is -5.17. The Morgan fingerprint density at radius 1 is 1.17 bits per heavy atom. The van der Waals surface area contributed by atoms with E-state index in [1.165, 1.54) is 0 Å². The second-order valence-corrected chi connectivity index (χ2v) is 4.20.